The van der Waals surface area contributed by atoms with Gasteiger partial charge in [-0.3, -0.25) is 0 Å². The van der Waals surface area contributed by atoms with Gasteiger partial charge in [0.2, 0.25) is 0 Å². The average Bonchev–Trinajstić information content (AvgIpc) is 2.54. The molecule has 0 aliphatic carbocycles. The maximum absolute atomic E-state index is 5.73. The molecule has 1 aromatic rings. The maximum atomic E-state index is 5.73. The minimum absolute atomic E-state index is 0.0332. The van der Waals surface area contributed by atoms with Gasteiger partial charge in [-0.15, -0.1) is 0 Å². The van der Waals surface area contributed by atoms with Crippen molar-refractivity contribution in [3.8, 4) is 0 Å². The molecule has 0 bridgehead atoms. The lowest BCUT2D eigenvalue weighted by atomic mass is 10.2. The lowest BCUT2D eigenvalue weighted by Crippen LogP contribution is -2.24. The molecule has 1 aliphatic heterocycles. The average molecular weight is 294 g/mol. The van der Waals surface area contributed by atoms with Crippen LogP contribution >= 0.6 is 0 Å². The van der Waals surface area contributed by atoms with Gasteiger partial charge in [0, 0.05) is 6.61 Å². The van der Waals surface area contributed by atoms with Crippen LogP contribution in [0.2, 0.25) is 0 Å². The van der Waals surface area contributed by atoms with Crippen molar-refractivity contribution in [2.24, 2.45) is 0 Å². The first-order valence-electron chi connectivity index (χ1n) is 7.81. The van der Waals surface area contributed by atoms with E-state index >= 15 is 0 Å². The van der Waals surface area contributed by atoms with Gasteiger partial charge in [-0.2, -0.15) is 0 Å². The summed E-state index contributed by atoms with van der Waals surface area (Å²) in [7, 11) is 0. The lowest BCUT2D eigenvalue weighted by Gasteiger charge is -2.22. The van der Waals surface area contributed by atoms with E-state index in [1.165, 1.54) is 12.0 Å². The molecule has 1 aliphatic rings. The molecule has 1 fully saturated rings. The Morgan fingerprint density at radius 2 is 2.05 bits per heavy atom. The zero-order valence-corrected chi connectivity index (χ0v) is 12.8. The Kier molecular flexibility index (Phi) is 7.75. The van der Waals surface area contributed by atoms with Crippen LogP contribution in [0.15, 0.2) is 30.3 Å². The van der Waals surface area contributed by atoms with Crippen molar-refractivity contribution in [1.82, 2.24) is 0 Å². The smallest absolute Gasteiger partial charge is 0.157 e. The van der Waals surface area contributed by atoms with Crippen molar-refractivity contribution in [2.45, 2.75) is 45.2 Å². The van der Waals surface area contributed by atoms with E-state index in [4.69, 9.17) is 18.9 Å². The second-order valence-electron chi connectivity index (χ2n) is 5.35. The lowest BCUT2D eigenvalue weighted by molar-refractivity contribution is -0.170. The Hall–Kier alpha value is -0.940. The van der Waals surface area contributed by atoms with Gasteiger partial charge in [0.05, 0.1) is 32.5 Å². The van der Waals surface area contributed by atoms with Crippen LogP contribution in [0.5, 0.6) is 0 Å². The molecule has 118 valence electrons. The summed E-state index contributed by atoms with van der Waals surface area (Å²) >= 11 is 0. The van der Waals surface area contributed by atoms with Crippen LogP contribution < -0.4 is 0 Å². The van der Waals surface area contributed by atoms with Gasteiger partial charge in [-0.1, -0.05) is 30.3 Å². The highest BCUT2D eigenvalue weighted by atomic mass is 16.7. The summed E-state index contributed by atoms with van der Waals surface area (Å²) in [5, 5.41) is 0. The Morgan fingerprint density at radius 1 is 1.19 bits per heavy atom. The molecule has 0 unspecified atom stereocenters. The van der Waals surface area contributed by atoms with Crippen molar-refractivity contribution in [1.29, 1.82) is 0 Å². The highest BCUT2D eigenvalue weighted by Gasteiger charge is 2.13. The van der Waals surface area contributed by atoms with Crippen molar-refractivity contribution in [3.05, 3.63) is 35.9 Å². The zero-order chi connectivity index (χ0) is 14.8. The van der Waals surface area contributed by atoms with Gasteiger partial charge in [-0.25, -0.2) is 0 Å². The molecule has 2 rings (SSSR count). The summed E-state index contributed by atoms with van der Waals surface area (Å²) in [6, 6.07) is 10.2. The molecule has 0 radical (unpaired) electrons. The van der Waals surface area contributed by atoms with Gasteiger partial charge in [0.25, 0.3) is 0 Å². The fourth-order valence-corrected chi connectivity index (χ4v) is 2.19. The Bertz CT molecular complexity index is 362. The molecule has 4 nitrogen and oxygen atoms in total. The second kappa shape index (κ2) is 9.90. The quantitative estimate of drug-likeness (QED) is 0.656. The van der Waals surface area contributed by atoms with Crippen LogP contribution in [0.25, 0.3) is 0 Å². The van der Waals surface area contributed by atoms with Gasteiger partial charge >= 0.3 is 0 Å². The first-order chi connectivity index (χ1) is 10.3. The predicted molar refractivity (Wildman–Crippen MR) is 81.1 cm³/mol. The molecule has 2 atom stereocenters. The van der Waals surface area contributed by atoms with Crippen LogP contribution in [0.1, 0.15) is 31.7 Å². The summed E-state index contributed by atoms with van der Waals surface area (Å²) in [6.45, 7) is 5.21. The summed E-state index contributed by atoms with van der Waals surface area (Å²) < 4.78 is 22.4. The van der Waals surface area contributed by atoms with E-state index in [2.05, 4.69) is 12.1 Å². The molecule has 1 saturated heterocycles. The standard InChI is InChI=1S/C17H26O4/c1-15(21-14-16-7-3-2-4-8-16)13-18-11-12-20-17-9-5-6-10-19-17/h2-4,7-8,15,17H,5-6,9-14H2,1H3/t15-,17+/m1/s1. The number of ether oxygens (including phenoxy) is 4. The van der Waals surface area contributed by atoms with Crippen LogP contribution in [0, 0.1) is 0 Å². The van der Waals surface area contributed by atoms with Crippen molar-refractivity contribution in [2.75, 3.05) is 26.4 Å². The molecule has 0 aromatic heterocycles. The van der Waals surface area contributed by atoms with Crippen LogP contribution in [0.3, 0.4) is 0 Å². The van der Waals surface area contributed by atoms with Crippen LogP contribution in [0.4, 0.5) is 0 Å². The number of rotatable bonds is 9. The molecule has 4 heteroatoms. The van der Waals surface area contributed by atoms with Gasteiger partial charge in [0.15, 0.2) is 6.29 Å². The third-order valence-corrected chi connectivity index (χ3v) is 3.40. The summed E-state index contributed by atoms with van der Waals surface area (Å²) in [6.07, 6.45) is 3.38. The van der Waals surface area contributed by atoms with E-state index in [1.807, 2.05) is 25.1 Å². The molecule has 21 heavy (non-hydrogen) atoms. The zero-order valence-electron chi connectivity index (χ0n) is 12.8. The van der Waals surface area contributed by atoms with Gasteiger partial charge < -0.3 is 18.9 Å². The first kappa shape index (κ1) is 16.4. The Balaban J connectivity index is 1.46. The molecule has 0 saturated carbocycles. The number of benzene rings is 1. The fraction of sp³-hybridized carbons (Fsp3) is 0.647. The number of hydrogen-bond donors (Lipinski definition) is 0. The summed E-state index contributed by atoms with van der Waals surface area (Å²) in [4.78, 5) is 0. The number of hydrogen-bond acceptors (Lipinski definition) is 4. The second-order valence-corrected chi connectivity index (χ2v) is 5.35. The molecule has 0 N–H and O–H groups in total. The summed E-state index contributed by atoms with van der Waals surface area (Å²) in [5.74, 6) is 0. The van der Waals surface area contributed by atoms with Crippen molar-refractivity contribution < 1.29 is 18.9 Å². The third kappa shape index (κ3) is 7.05. The van der Waals surface area contributed by atoms with E-state index in [-0.39, 0.29) is 12.4 Å². The minimum Gasteiger partial charge on any atom is -0.376 e. The minimum atomic E-state index is -0.0332. The van der Waals surface area contributed by atoms with Crippen LogP contribution in [-0.2, 0) is 25.6 Å². The normalized spacial score (nSPS) is 20.3. The fourth-order valence-electron chi connectivity index (χ4n) is 2.19. The van der Waals surface area contributed by atoms with Crippen molar-refractivity contribution >= 4 is 0 Å². The van der Waals surface area contributed by atoms with Crippen molar-refractivity contribution in [3.63, 3.8) is 0 Å². The Morgan fingerprint density at radius 3 is 2.81 bits per heavy atom. The SMILES string of the molecule is C[C@H](COCCO[C@H]1CCCCO1)OCc1ccccc1. The Labute approximate surface area is 127 Å². The molecule has 1 heterocycles. The molecule has 1 aromatic carbocycles. The van der Waals surface area contributed by atoms with E-state index in [0.717, 1.165) is 19.4 Å². The molecule has 0 amide bonds. The van der Waals surface area contributed by atoms with Crippen LogP contribution in [-0.4, -0.2) is 38.8 Å². The summed E-state index contributed by atoms with van der Waals surface area (Å²) in [5.41, 5.74) is 1.18. The van der Waals surface area contributed by atoms with Gasteiger partial charge in [0.1, 0.15) is 0 Å². The predicted octanol–water partition coefficient (Wildman–Crippen LogP) is 3.15. The molecular formula is C17H26O4. The highest BCUT2D eigenvalue weighted by Crippen LogP contribution is 2.13. The van der Waals surface area contributed by atoms with E-state index in [0.29, 0.717) is 26.4 Å². The van der Waals surface area contributed by atoms with Gasteiger partial charge in [-0.05, 0) is 31.7 Å². The highest BCUT2D eigenvalue weighted by molar-refractivity contribution is 5.13. The van der Waals surface area contributed by atoms with E-state index < -0.39 is 0 Å². The topological polar surface area (TPSA) is 36.9 Å². The largest absolute Gasteiger partial charge is 0.376 e. The van der Waals surface area contributed by atoms with E-state index in [1.54, 1.807) is 0 Å². The molecule has 0 spiro atoms. The third-order valence-electron chi connectivity index (χ3n) is 3.40. The van der Waals surface area contributed by atoms with E-state index in [9.17, 15) is 0 Å². The monoisotopic (exact) mass is 294 g/mol. The molecular weight excluding hydrogens is 268 g/mol. The first-order valence-corrected chi connectivity index (χ1v) is 7.81. The maximum Gasteiger partial charge on any atom is 0.157 e.